The minimum atomic E-state index is 0.498. The molecule has 0 unspecified atom stereocenters. The summed E-state index contributed by atoms with van der Waals surface area (Å²) in [7, 11) is 0. The summed E-state index contributed by atoms with van der Waals surface area (Å²) in [6.07, 6.45) is 7.35. The summed E-state index contributed by atoms with van der Waals surface area (Å²) in [5.41, 5.74) is 5.41. The number of aromatic nitrogens is 1. The molecule has 25 heavy (non-hydrogen) atoms. The summed E-state index contributed by atoms with van der Waals surface area (Å²) in [6, 6.07) is 13.8. The Bertz CT molecular complexity index is 909. The quantitative estimate of drug-likeness (QED) is 0.717. The molecule has 1 N–H and O–H groups in total. The van der Waals surface area contributed by atoms with Crippen LogP contribution in [0.2, 0.25) is 0 Å². The maximum atomic E-state index is 5.89. The van der Waals surface area contributed by atoms with Gasteiger partial charge in [0.2, 0.25) is 0 Å². The Morgan fingerprint density at radius 1 is 0.960 bits per heavy atom. The highest BCUT2D eigenvalue weighted by Crippen LogP contribution is 2.32. The number of benzene rings is 2. The van der Waals surface area contributed by atoms with Gasteiger partial charge in [-0.05, 0) is 53.8 Å². The largest absolute Gasteiger partial charge is 0.493 e. The molecule has 0 amide bonds. The maximum Gasteiger partial charge on any atom is 0.295 e. The summed E-state index contributed by atoms with van der Waals surface area (Å²) in [5, 5.41) is 3.47. The lowest BCUT2D eigenvalue weighted by atomic mass is 9.96. The summed E-state index contributed by atoms with van der Waals surface area (Å²) in [6.45, 7) is 0.789. The van der Waals surface area contributed by atoms with Gasteiger partial charge in [-0.15, -0.1) is 0 Å². The van der Waals surface area contributed by atoms with E-state index in [0.717, 1.165) is 29.9 Å². The highest BCUT2D eigenvalue weighted by Gasteiger charge is 2.17. The number of hydrogen-bond acceptors (Lipinski definition) is 4. The van der Waals surface area contributed by atoms with E-state index in [9.17, 15) is 0 Å². The summed E-state index contributed by atoms with van der Waals surface area (Å²) >= 11 is 0. The minimum Gasteiger partial charge on any atom is -0.493 e. The van der Waals surface area contributed by atoms with Gasteiger partial charge < -0.3 is 14.5 Å². The fraction of sp³-hybridized carbons (Fsp3) is 0.381. The fourth-order valence-electron chi connectivity index (χ4n) is 3.96. The lowest BCUT2D eigenvalue weighted by Crippen LogP contribution is -2.22. The number of oxazole rings is 1. The molecule has 0 bridgehead atoms. The van der Waals surface area contributed by atoms with Crippen molar-refractivity contribution in [3.8, 4) is 16.9 Å². The molecule has 0 radical (unpaired) electrons. The first-order chi connectivity index (χ1) is 12.3. The van der Waals surface area contributed by atoms with Crippen molar-refractivity contribution in [3.05, 3.63) is 42.0 Å². The molecule has 2 aliphatic rings. The Labute approximate surface area is 147 Å². The zero-order valence-electron chi connectivity index (χ0n) is 14.3. The van der Waals surface area contributed by atoms with Crippen LogP contribution < -0.4 is 10.1 Å². The third kappa shape index (κ3) is 2.86. The lowest BCUT2D eigenvalue weighted by molar-refractivity contribution is 0.357. The minimum absolute atomic E-state index is 0.498. The molecule has 5 rings (SSSR count). The Morgan fingerprint density at radius 3 is 2.72 bits per heavy atom. The van der Waals surface area contributed by atoms with Gasteiger partial charge in [0.25, 0.3) is 6.01 Å². The zero-order valence-corrected chi connectivity index (χ0v) is 14.3. The van der Waals surface area contributed by atoms with Gasteiger partial charge in [-0.2, -0.15) is 4.98 Å². The third-order valence-corrected chi connectivity index (χ3v) is 5.34. The van der Waals surface area contributed by atoms with Crippen LogP contribution in [-0.4, -0.2) is 17.6 Å². The molecule has 0 atom stereocenters. The number of nitrogens with zero attached hydrogens (tertiary/aromatic N) is 1. The number of rotatable bonds is 3. The second kappa shape index (κ2) is 6.10. The Balaban J connectivity index is 1.43. The maximum absolute atomic E-state index is 5.89. The molecule has 1 aromatic heterocycles. The van der Waals surface area contributed by atoms with Crippen molar-refractivity contribution in [3.63, 3.8) is 0 Å². The average molecular weight is 334 g/mol. The Kier molecular flexibility index (Phi) is 3.62. The number of nitrogens with one attached hydrogen (secondary N) is 1. The van der Waals surface area contributed by atoms with Crippen molar-refractivity contribution < 1.29 is 9.15 Å². The molecule has 1 aliphatic carbocycles. The van der Waals surface area contributed by atoms with Gasteiger partial charge in [0.15, 0.2) is 5.58 Å². The van der Waals surface area contributed by atoms with Gasteiger partial charge in [-0.3, -0.25) is 0 Å². The van der Waals surface area contributed by atoms with Gasteiger partial charge in [0.1, 0.15) is 11.3 Å². The van der Waals surface area contributed by atoms with Crippen molar-refractivity contribution in [1.82, 2.24) is 4.98 Å². The number of hydrogen-bond donors (Lipinski definition) is 1. The van der Waals surface area contributed by atoms with E-state index in [1.807, 2.05) is 6.07 Å². The SMILES string of the molecule is c1cc2c(cc1-c1ccc3oc(NC4CCCCC4)nc3c1)CCO2. The molecule has 1 aliphatic heterocycles. The van der Waals surface area contributed by atoms with E-state index in [2.05, 4.69) is 40.6 Å². The molecular weight excluding hydrogens is 312 g/mol. The normalized spacial score (nSPS) is 17.4. The highest BCUT2D eigenvalue weighted by molar-refractivity contribution is 5.82. The molecule has 1 fully saturated rings. The molecule has 4 nitrogen and oxygen atoms in total. The zero-order chi connectivity index (χ0) is 16.6. The molecule has 4 heteroatoms. The van der Waals surface area contributed by atoms with Crippen LogP contribution in [-0.2, 0) is 6.42 Å². The second-order valence-corrected chi connectivity index (χ2v) is 7.10. The van der Waals surface area contributed by atoms with Crippen LogP contribution >= 0.6 is 0 Å². The average Bonchev–Trinajstić information content (AvgIpc) is 3.27. The number of ether oxygens (including phenoxy) is 1. The van der Waals surface area contributed by atoms with E-state index in [4.69, 9.17) is 9.15 Å². The van der Waals surface area contributed by atoms with E-state index >= 15 is 0 Å². The van der Waals surface area contributed by atoms with Gasteiger partial charge in [0, 0.05) is 12.5 Å². The number of anilines is 1. The van der Waals surface area contributed by atoms with Crippen LogP contribution in [0.15, 0.2) is 40.8 Å². The van der Waals surface area contributed by atoms with E-state index in [1.165, 1.54) is 48.8 Å². The van der Waals surface area contributed by atoms with Crippen LogP contribution in [0.1, 0.15) is 37.7 Å². The van der Waals surface area contributed by atoms with Crippen LogP contribution in [0.25, 0.3) is 22.2 Å². The van der Waals surface area contributed by atoms with Crippen molar-refractivity contribution in [2.24, 2.45) is 0 Å². The Morgan fingerprint density at radius 2 is 1.80 bits per heavy atom. The highest BCUT2D eigenvalue weighted by atomic mass is 16.5. The number of fused-ring (bicyclic) bond motifs is 2. The first-order valence-electron chi connectivity index (χ1n) is 9.28. The topological polar surface area (TPSA) is 47.3 Å². The molecule has 128 valence electrons. The molecule has 2 heterocycles. The molecular formula is C21H22N2O2. The molecule has 3 aromatic rings. The van der Waals surface area contributed by atoms with Crippen molar-refractivity contribution >= 4 is 17.1 Å². The van der Waals surface area contributed by atoms with E-state index in [-0.39, 0.29) is 0 Å². The van der Waals surface area contributed by atoms with E-state index < -0.39 is 0 Å². The van der Waals surface area contributed by atoms with E-state index in [1.54, 1.807) is 0 Å². The Hall–Kier alpha value is -2.49. The monoisotopic (exact) mass is 334 g/mol. The van der Waals surface area contributed by atoms with Crippen molar-refractivity contribution in [1.29, 1.82) is 0 Å². The third-order valence-electron chi connectivity index (χ3n) is 5.34. The van der Waals surface area contributed by atoms with Gasteiger partial charge in [-0.25, -0.2) is 0 Å². The second-order valence-electron chi connectivity index (χ2n) is 7.10. The molecule has 0 saturated heterocycles. The predicted octanol–water partition coefficient (Wildman–Crippen LogP) is 5.17. The molecule has 0 spiro atoms. The van der Waals surface area contributed by atoms with Crippen molar-refractivity contribution in [2.45, 2.75) is 44.6 Å². The van der Waals surface area contributed by atoms with Gasteiger partial charge >= 0.3 is 0 Å². The van der Waals surface area contributed by atoms with Gasteiger partial charge in [0.05, 0.1) is 6.61 Å². The predicted molar refractivity (Wildman–Crippen MR) is 99.1 cm³/mol. The summed E-state index contributed by atoms with van der Waals surface area (Å²) in [4.78, 5) is 4.66. The van der Waals surface area contributed by atoms with E-state index in [0.29, 0.717) is 12.1 Å². The van der Waals surface area contributed by atoms with Gasteiger partial charge in [-0.1, -0.05) is 31.4 Å². The van der Waals surface area contributed by atoms with Crippen LogP contribution in [0.4, 0.5) is 6.01 Å². The first kappa shape index (κ1) is 14.8. The van der Waals surface area contributed by atoms with Crippen LogP contribution in [0.3, 0.4) is 0 Å². The molecule has 1 saturated carbocycles. The fourth-order valence-corrected chi connectivity index (χ4v) is 3.96. The lowest BCUT2D eigenvalue weighted by Gasteiger charge is -2.21. The standard InChI is InChI=1S/C21H22N2O2/c1-2-4-17(5-3-1)22-21-23-18-13-15(7-9-20(18)25-21)14-6-8-19-16(12-14)10-11-24-19/h6-9,12-13,17H,1-5,10-11H2,(H,22,23). The first-order valence-corrected chi connectivity index (χ1v) is 9.28. The van der Waals surface area contributed by atoms with Crippen LogP contribution in [0, 0.1) is 0 Å². The van der Waals surface area contributed by atoms with Crippen LogP contribution in [0.5, 0.6) is 5.75 Å². The van der Waals surface area contributed by atoms with Crippen molar-refractivity contribution in [2.75, 3.05) is 11.9 Å². The smallest absolute Gasteiger partial charge is 0.295 e. The summed E-state index contributed by atoms with van der Waals surface area (Å²) < 4.78 is 11.5. The molecule has 2 aromatic carbocycles. The summed E-state index contributed by atoms with van der Waals surface area (Å²) in [5.74, 6) is 1.02.